The number of hydrogen-bond donors (Lipinski definition) is 2. The van der Waals surface area contributed by atoms with Gasteiger partial charge in [-0.05, 0) is 18.9 Å². The summed E-state index contributed by atoms with van der Waals surface area (Å²) in [5.41, 5.74) is 0.536. The highest BCUT2D eigenvalue weighted by molar-refractivity contribution is 7.89. The van der Waals surface area contributed by atoms with Crippen LogP contribution in [-0.4, -0.2) is 40.7 Å². The summed E-state index contributed by atoms with van der Waals surface area (Å²) in [6, 6.07) is 1.62. The molecular formula is C11H19N3O3S. The Morgan fingerprint density at radius 1 is 1.39 bits per heavy atom. The molecule has 0 aromatic carbocycles. The average molecular weight is 273 g/mol. The summed E-state index contributed by atoms with van der Waals surface area (Å²) in [5.74, 6) is 0. The Morgan fingerprint density at radius 2 is 2.17 bits per heavy atom. The maximum absolute atomic E-state index is 12.0. The summed E-state index contributed by atoms with van der Waals surface area (Å²) in [6.07, 6.45) is 4.44. The second-order valence-corrected chi connectivity index (χ2v) is 5.45. The van der Waals surface area contributed by atoms with Gasteiger partial charge in [-0.3, -0.25) is 4.98 Å². The van der Waals surface area contributed by atoms with Gasteiger partial charge in [-0.1, -0.05) is 0 Å². The number of nitrogens with one attached hydrogen (secondary N) is 2. The molecule has 0 saturated heterocycles. The SMILES string of the molecule is CNc1ccncc1S(=O)(=O)NCCCCOC. The van der Waals surface area contributed by atoms with Crippen LogP contribution in [0.15, 0.2) is 23.4 Å². The topological polar surface area (TPSA) is 80.3 Å². The lowest BCUT2D eigenvalue weighted by atomic mass is 10.3. The number of hydrogen-bond acceptors (Lipinski definition) is 5. The second kappa shape index (κ2) is 7.30. The summed E-state index contributed by atoms with van der Waals surface area (Å²) >= 11 is 0. The zero-order valence-electron chi connectivity index (χ0n) is 10.6. The first-order valence-electron chi connectivity index (χ1n) is 5.72. The fourth-order valence-electron chi connectivity index (χ4n) is 1.46. The van der Waals surface area contributed by atoms with Crippen molar-refractivity contribution < 1.29 is 13.2 Å². The molecule has 1 aromatic heterocycles. The molecule has 102 valence electrons. The molecule has 1 aromatic rings. The Balaban J connectivity index is 2.63. The molecule has 0 aliphatic heterocycles. The fraction of sp³-hybridized carbons (Fsp3) is 0.545. The van der Waals surface area contributed by atoms with Crippen LogP contribution in [0.4, 0.5) is 5.69 Å². The number of unbranched alkanes of at least 4 members (excludes halogenated alkanes) is 1. The van der Waals surface area contributed by atoms with Gasteiger partial charge in [-0.2, -0.15) is 0 Å². The molecule has 0 bridgehead atoms. The molecule has 1 heterocycles. The lowest BCUT2D eigenvalue weighted by molar-refractivity contribution is 0.193. The molecule has 7 heteroatoms. The number of rotatable bonds is 8. The van der Waals surface area contributed by atoms with E-state index in [-0.39, 0.29) is 4.90 Å². The zero-order chi connectivity index (χ0) is 13.4. The molecule has 0 spiro atoms. The van der Waals surface area contributed by atoms with Gasteiger partial charge in [0.1, 0.15) is 4.90 Å². The highest BCUT2D eigenvalue weighted by atomic mass is 32.2. The molecule has 0 unspecified atom stereocenters. The molecule has 0 atom stereocenters. The van der Waals surface area contributed by atoms with E-state index in [0.29, 0.717) is 18.8 Å². The highest BCUT2D eigenvalue weighted by Crippen LogP contribution is 2.18. The quantitative estimate of drug-likeness (QED) is 0.686. The lowest BCUT2D eigenvalue weighted by Gasteiger charge is -2.10. The Morgan fingerprint density at radius 3 is 2.83 bits per heavy atom. The van der Waals surface area contributed by atoms with Crippen molar-refractivity contribution in [1.29, 1.82) is 0 Å². The first-order chi connectivity index (χ1) is 8.61. The minimum Gasteiger partial charge on any atom is -0.387 e. The lowest BCUT2D eigenvalue weighted by Crippen LogP contribution is -2.25. The predicted octanol–water partition coefficient (Wildman–Crippen LogP) is 0.828. The number of sulfonamides is 1. The monoisotopic (exact) mass is 273 g/mol. The first-order valence-corrected chi connectivity index (χ1v) is 7.20. The van der Waals surface area contributed by atoms with Crippen molar-refractivity contribution in [2.45, 2.75) is 17.7 Å². The molecular weight excluding hydrogens is 254 g/mol. The van der Waals surface area contributed by atoms with Gasteiger partial charge in [0.05, 0.1) is 5.69 Å². The molecule has 0 radical (unpaired) electrons. The zero-order valence-corrected chi connectivity index (χ0v) is 11.5. The molecule has 2 N–H and O–H groups in total. The van der Waals surface area contributed by atoms with Gasteiger partial charge in [0, 0.05) is 39.7 Å². The summed E-state index contributed by atoms with van der Waals surface area (Å²) in [5, 5.41) is 2.83. The number of methoxy groups -OCH3 is 1. The maximum atomic E-state index is 12.0. The maximum Gasteiger partial charge on any atom is 0.244 e. The minimum absolute atomic E-state index is 0.166. The van der Waals surface area contributed by atoms with Gasteiger partial charge in [-0.15, -0.1) is 0 Å². The smallest absolute Gasteiger partial charge is 0.244 e. The summed E-state index contributed by atoms with van der Waals surface area (Å²) in [4.78, 5) is 4.00. The minimum atomic E-state index is -3.51. The van der Waals surface area contributed by atoms with E-state index in [0.717, 1.165) is 12.8 Å². The summed E-state index contributed by atoms with van der Waals surface area (Å²) in [6.45, 7) is 1.03. The Labute approximate surface area is 108 Å². The van der Waals surface area contributed by atoms with Crippen molar-refractivity contribution in [2.24, 2.45) is 0 Å². The van der Waals surface area contributed by atoms with Gasteiger partial charge < -0.3 is 10.1 Å². The van der Waals surface area contributed by atoms with Gasteiger partial charge in [0.2, 0.25) is 10.0 Å². The van der Waals surface area contributed by atoms with E-state index in [4.69, 9.17) is 4.74 Å². The van der Waals surface area contributed by atoms with E-state index in [9.17, 15) is 8.42 Å². The Hall–Kier alpha value is -1.18. The largest absolute Gasteiger partial charge is 0.387 e. The summed E-state index contributed by atoms with van der Waals surface area (Å²) < 4.78 is 31.5. The third kappa shape index (κ3) is 4.25. The predicted molar refractivity (Wildman–Crippen MR) is 70.1 cm³/mol. The van der Waals surface area contributed by atoms with Crippen molar-refractivity contribution in [3.05, 3.63) is 18.5 Å². The fourth-order valence-corrected chi connectivity index (χ4v) is 2.68. The van der Waals surface area contributed by atoms with Gasteiger partial charge in [0.15, 0.2) is 0 Å². The van der Waals surface area contributed by atoms with Crippen LogP contribution >= 0.6 is 0 Å². The Bertz CT molecular complexity index is 462. The van der Waals surface area contributed by atoms with Crippen molar-refractivity contribution in [2.75, 3.05) is 32.6 Å². The van der Waals surface area contributed by atoms with E-state index in [1.165, 1.54) is 6.20 Å². The normalized spacial score (nSPS) is 11.4. The number of anilines is 1. The molecule has 1 rings (SSSR count). The van der Waals surface area contributed by atoms with E-state index >= 15 is 0 Å². The molecule has 18 heavy (non-hydrogen) atoms. The van der Waals surface area contributed by atoms with Crippen LogP contribution < -0.4 is 10.0 Å². The van der Waals surface area contributed by atoms with E-state index < -0.39 is 10.0 Å². The van der Waals surface area contributed by atoms with Crippen LogP contribution in [0.5, 0.6) is 0 Å². The van der Waals surface area contributed by atoms with Crippen molar-refractivity contribution in [3.63, 3.8) is 0 Å². The van der Waals surface area contributed by atoms with Crippen LogP contribution in [0.25, 0.3) is 0 Å². The van der Waals surface area contributed by atoms with E-state index in [1.807, 2.05) is 0 Å². The van der Waals surface area contributed by atoms with Gasteiger partial charge in [0.25, 0.3) is 0 Å². The van der Waals surface area contributed by atoms with E-state index in [2.05, 4.69) is 15.0 Å². The first kappa shape index (κ1) is 14.9. The van der Waals surface area contributed by atoms with E-state index in [1.54, 1.807) is 26.4 Å². The highest BCUT2D eigenvalue weighted by Gasteiger charge is 2.17. The van der Waals surface area contributed by atoms with Gasteiger partial charge >= 0.3 is 0 Å². The summed E-state index contributed by atoms with van der Waals surface area (Å²) in [7, 11) is -0.208. The van der Waals surface area contributed by atoms with Crippen molar-refractivity contribution >= 4 is 15.7 Å². The van der Waals surface area contributed by atoms with Crippen LogP contribution in [0.3, 0.4) is 0 Å². The molecule has 6 nitrogen and oxygen atoms in total. The molecule has 0 amide bonds. The van der Waals surface area contributed by atoms with Gasteiger partial charge in [-0.25, -0.2) is 13.1 Å². The van der Waals surface area contributed by atoms with Crippen molar-refractivity contribution in [1.82, 2.24) is 9.71 Å². The Kier molecular flexibility index (Phi) is 6.03. The third-order valence-corrected chi connectivity index (χ3v) is 3.90. The average Bonchev–Trinajstić information content (AvgIpc) is 2.38. The van der Waals surface area contributed by atoms with Crippen LogP contribution in [0, 0.1) is 0 Å². The molecule has 0 aliphatic rings. The molecule has 0 aliphatic carbocycles. The van der Waals surface area contributed by atoms with Crippen molar-refractivity contribution in [3.8, 4) is 0 Å². The standard InChI is InChI=1S/C11H19N3O3S/c1-12-10-5-7-13-9-11(10)18(15,16)14-6-3-4-8-17-2/h5,7,9,14H,3-4,6,8H2,1-2H3,(H,12,13). The second-order valence-electron chi connectivity index (χ2n) is 3.72. The molecule has 0 fully saturated rings. The number of nitrogens with zero attached hydrogens (tertiary/aromatic N) is 1. The number of ether oxygens (including phenoxy) is 1. The van der Waals surface area contributed by atoms with Crippen LogP contribution in [0.1, 0.15) is 12.8 Å². The van der Waals surface area contributed by atoms with Crippen LogP contribution in [-0.2, 0) is 14.8 Å². The van der Waals surface area contributed by atoms with Crippen LogP contribution in [0.2, 0.25) is 0 Å². The third-order valence-electron chi connectivity index (χ3n) is 2.41. The molecule has 0 saturated carbocycles. The number of aromatic nitrogens is 1. The number of pyridine rings is 1.